The van der Waals surface area contributed by atoms with E-state index in [1.807, 2.05) is 0 Å². The molecule has 1 fully saturated rings. The van der Waals surface area contributed by atoms with Crippen LogP contribution in [0.5, 0.6) is 0 Å². The molecule has 1 aliphatic rings. The number of nitro groups is 1. The number of aromatic nitrogens is 3. The molecule has 128 valence electrons. The van der Waals surface area contributed by atoms with Crippen molar-refractivity contribution in [2.24, 2.45) is 0 Å². The zero-order valence-corrected chi connectivity index (χ0v) is 14.6. The van der Waals surface area contributed by atoms with Gasteiger partial charge in [-0.1, -0.05) is 12.8 Å². The fourth-order valence-electron chi connectivity index (χ4n) is 2.74. The lowest BCUT2D eigenvalue weighted by Gasteiger charge is -2.03. The van der Waals surface area contributed by atoms with Gasteiger partial charge in [-0.2, -0.15) is 0 Å². The van der Waals surface area contributed by atoms with Gasteiger partial charge in [0.05, 0.1) is 14.7 Å². The van der Waals surface area contributed by atoms with Crippen LogP contribution in [0.4, 0.5) is 5.69 Å². The first-order chi connectivity index (χ1) is 11.3. The minimum Gasteiger partial charge on any atom is -0.262 e. The number of nitro benzene ring substituents is 1. The van der Waals surface area contributed by atoms with Crippen molar-refractivity contribution in [3.05, 3.63) is 34.1 Å². The van der Waals surface area contributed by atoms with Crippen molar-refractivity contribution in [2.45, 2.75) is 46.5 Å². The van der Waals surface area contributed by atoms with Crippen molar-refractivity contribution in [1.29, 1.82) is 0 Å². The normalized spacial score (nSPS) is 15.7. The number of rotatable bonds is 5. The zero-order valence-electron chi connectivity index (χ0n) is 12.9. The van der Waals surface area contributed by atoms with E-state index in [0.717, 1.165) is 42.8 Å². The molecule has 0 spiro atoms. The summed E-state index contributed by atoms with van der Waals surface area (Å²) in [4.78, 5) is 15.3. The Labute approximate surface area is 143 Å². The first kappa shape index (κ1) is 16.9. The molecule has 0 bridgehead atoms. The largest absolute Gasteiger partial charge is 0.284 e. The molecule has 3 rings (SSSR count). The maximum absolute atomic E-state index is 11.6. The van der Waals surface area contributed by atoms with E-state index in [1.165, 1.54) is 25.0 Å². The van der Waals surface area contributed by atoms with E-state index in [2.05, 4.69) is 15.2 Å². The van der Waals surface area contributed by atoms with Gasteiger partial charge in [0.15, 0.2) is 9.84 Å². The third-order valence-electron chi connectivity index (χ3n) is 3.98. The van der Waals surface area contributed by atoms with Gasteiger partial charge in [0.1, 0.15) is 5.82 Å². The van der Waals surface area contributed by atoms with Gasteiger partial charge in [0, 0.05) is 18.2 Å². The highest BCUT2D eigenvalue weighted by Crippen LogP contribution is 2.36. The Hall–Kier alpha value is -1.94. The number of hydrogen-bond acceptors (Lipinski definition) is 7. The van der Waals surface area contributed by atoms with Crippen LogP contribution >= 0.6 is 11.8 Å². The standard InChI is InChI=1S/C14H16N4O4S2/c1-24(21,22)10-6-7-12(11(8-10)18(19)20)23-14-15-13(16-17-14)9-4-2-3-5-9/h6-9H,2-5H2,1H3,(H,15,16,17). The van der Waals surface area contributed by atoms with E-state index in [0.29, 0.717) is 16.0 Å². The van der Waals surface area contributed by atoms with E-state index in [-0.39, 0.29) is 10.6 Å². The van der Waals surface area contributed by atoms with Gasteiger partial charge in [0.25, 0.3) is 5.69 Å². The number of hydrogen-bond donors (Lipinski definition) is 1. The fourth-order valence-corrected chi connectivity index (χ4v) is 4.19. The molecule has 1 aromatic heterocycles. The lowest BCUT2D eigenvalue weighted by molar-refractivity contribution is -0.388. The highest BCUT2D eigenvalue weighted by Gasteiger charge is 2.23. The van der Waals surface area contributed by atoms with Crippen molar-refractivity contribution in [3.8, 4) is 0 Å². The number of nitrogens with one attached hydrogen (secondary N) is 1. The highest BCUT2D eigenvalue weighted by atomic mass is 32.2. The summed E-state index contributed by atoms with van der Waals surface area (Å²) < 4.78 is 23.1. The van der Waals surface area contributed by atoms with Crippen LogP contribution in [0.3, 0.4) is 0 Å². The van der Waals surface area contributed by atoms with Crippen molar-refractivity contribution < 1.29 is 13.3 Å². The second-order valence-electron chi connectivity index (χ2n) is 5.75. The van der Waals surface area contributed by atoms with E-state index < -0.39 is 14.8 Å². The van der Waals surface area contributed by atoms with Gasteiger partial charge in [-0.3, -0.25) is 15.2 Å². The molecule has 0 atom stereocenters. The summed E-state index contributed by atoms with van der Waals surface area (Å²) >= 11 is 1.05. The summed E-state index contributed by atoms with van der Waals surface area (Å²) in [5.74, 6) is 1.18. The van der Waals surface area contributed by atoms with Crippen LogP contribution in [0.15, 0.2) is 33.1 Å². The Morgan fingerprint density at radius 3 is 2.67 bits per heavy atom. The van der Waals surface area contributed by atoms with Gasteiger partial charge in [-0.25, -0.2) is 13.4 Å². The highest BCUT2D eigenvalue weighted by molar-refractivity contribution is 7.99. The summed E-state index contributed by atoms with van der Waals surface area (Å²) in [5.41, 5.74) is -0.268. The van der Waals surface area contributed by atoms with Crippen molar-refractivity contribution >= 4 is 27.3 Å². The van der Waals surface area contributed by atoms with E-state index in [9.17, 15) is 18.5 Å². The molecule has 0 radical (unpaired) electrons. The van der Waals surface area contributed by atoms with Crippen molar-refractivity contribution in [1.82, 2.24) is 15.2 Å². The summed E-state index contributed by atoms with van der Waals surface area (Å²) in [7, 11) is -3.51. The molecule has 0 saturated heterocycles. The number of nitrogens with zero attached hydrogens (tertiary/aromatic N) is 3. The quantitative estimate of drug-likeness (QED) is 0.636. The maximum atomic E-state index is 11.6. The Bertz CT molecular complexity index is 873. The van der Waals surface area contributed by atoms with Crippen LogP contribution in [-0.4, -0.2) is 34.8 Å². The lowest BCUT2D eigenvalue weighted by atomic mass is 10.1. The van der Waals surface area contributed by atoms with Gasteiger partial charge < -0.3 is 0 Å². The summed E-state index contributed by atoms with van der Waals surface area (Å²) in [6.45, 7) is 0. The van der Waals surface area contributed by atoms with E-state index >= 15 is 0 Å². The second kappa shape index (κ2) is 6.52. The summed E-state index contributed by atoms with van der Waals surface area (Å²) in [6.07, 6.45) is 5.51. The minimum atomic E-state index is -3.51. The summed E-state index contributed by atoms with van der Waals surface area (Å²) in [5, 5.41) is 18.7. The van der Waals surface area contributed by atoms with Crippen LogP contribution in [-0.2, 0) is 9.84 Å². The third-order valence-corrected chi connectivity index (χ3v) is 6.02. The molecule has 2 aromatic rings. The van der Waals surface area contributed by atoms with Crippen molar-refractivity contribution in [3.63, 3.8) is 0 Å². The number of aromatic amines is 1. The number of sulfone groups is 1. The number of benzene rings is 1. The van der Waals surface area contributed by atoms with Crippen LogP contribution in [0, 0.1) is 10.1 Å². The monoisotopic (exact) mass is 368 g/mol. The number of H-pyrrole nitrogens is 1. The van der Waals surface area contributed by atoms with Crippen molar-refractivity contribution in [2.75, 3.05) is 6.26 Å². The molecule has 1 saturated carbocycles. The second-order valence-corrected chi connectivity index (χ2v) is 8.77. The molecular formula is C14H16N4O4S2. The SMILES string of the molecule is CS(=O)(=O)c1ccc(Sc2n[nH]c(C3CCCC3)n2)c([N+](=O)[O-])c1. The van der Waals surface area contributed by atoms with Gasteiger partial charge in [0.2, 0.25) is 5.16 Å². The van der Waals surface area contributed by atoms with Crippen LogP contribution in [0.25, 0.3) is 0 Å². The molecule has 0 aliphatic heterocycles. The molecule has 1 aliphatic carbocycles. The molecular weight excluding hydrogens is 352 g/mol. The smallest absolute Gasteiger partial charge is 0.262 e. The van der Waals surface area contributed by atoms with Gasteiger partial charge in [-0.05, 0) is 36.7 Å². The molecule has 1 heterocycles. The first-order valence-electron chi connectivity index (χ1n) is 7.43. The van der Waals surface area contributed by atoms with Crippen LogP contribution in [0.2, 0.25) is 0 Å². The Morgan fingerprint density at radius 2 is 2.04 bits per heavy atom. The average molecular weight is 368 g/mol. The summed E-state index contributed by atoms with van der Waals surface area (Å²) in [6, 6.07) is 3.85. The molecule has 8 nitrogen and oxygen atoms in total. The Morgan fingerprint density at radius 1 is 1.33 bits per heavy atom. The van der Waals surface area contributed by atoms with E-state index in [4.69, 9.17) is 0 Å². The third kappa shape index (κ3) is 3.59. The predicted molar refractivity (Wildman–Crippen MR) is 87.9 cm³/mol. The minimum absolute atomic E-state index is 0.0832. The zero-order chi connectivity index (χ0) is 17.3. The van der Waals surface area contributed by atoms with Crippen LogP contribution in [0.1, 0.15) is 37.4 Å². The van der Waals surface area contributed by atoms with E-state index in [1.54, 1.807) is 0 Å². The molecule has 1 aromatic carbocycles. The molecule has 24 heavy (non-hydrogen) atoms. The molecule has 0 unspecified atom stereocenters. The Kier molecular flexibility index (Phi) is 4.59. The van der Waals surface area contributed by atoms with Gasteiger partial charge >= 0.3 is 0 Å². The van der Waals surface area contributed by atoms with Gasteiger partial charge in [-0.15, -0.1) is 5.10 Å². The average Bonchev–Trinajstić information content (AvgIpc) is 3.16. The topological polar surface area (TPSA) is 119 Å². The predicted octanol–water partition coefficient (Wildman–Crippen LogP) is 2.93. The Balaban J connectivity index is 1.88. The maximum Gasteiger partial charge on any atom is 0.284 e. The van der Waals surface area contributed by atoms with Crippen LogP contribution < -0.4 is 0 Å². The molecule has 10 heteroatoms. The molecule has 0 amide bonds. The molecule has 1 N–H and O–H groups in total. The first-order valence-corrected chi connectivity index (χ1v) is 10.1. The fraction of sp³-hybridized carbons (Fsp3) is 0.429. The lowest BCUT2D eigenvalue weighted by Crippen LogP contribution is -1.99.